The van der Waals surface area contributed by atoms with Gasteiger partial charge in [0, 0.05) is 10.6 Å². The first-order valence-corrected chi connectivity index (χ1v) is 9.54. The van der Waals surface area contributed by atoms with Gasteiger partial charge in [0.25, 0.3) is 0 Å². The topological polar surface area (TPSA) is 79.6 Å². The Balaban J connectivity index is 0.00000118. The van der Waals surface area contributed by atoms with Gasteiger partial charge in [-0.15, -0.1) is 0 Å². The van der Waals surface area contributed by atoms with Crippen molar-refractivity contribution >= 4 is 27.8 Å². The molecule has 2 aromatic carbocycles. The molecule has 0 saturated carbocycles. The molecule has 0 heterocycles. The molecular formula is C17H11ClF8N2O3S. The van der Waals surface area contributed by atoms with Gasteiger partial charge in [-0.25, -0.2) is 22.0 Å². The largest absolute Gasteiger partial charge is 0.417 e. The SMILES string of the molecule is CC/C(=N\OCc1c(F)c(F)c(F)c(F)c1F)c1cc(Cl)ccc1C(F)(F)F.N=S(=O)=O. The molecule has 0 saturated heterocycles. The van der Waals surface area contributed by atoms with Crippen LogP contribution in [0.1, 0.15) is 30.0 Å². The summed E-state index contributed by atoms with van der Waals surface area (Å²) in [7, 11) is -2.61. The normalized spacial score (nSPS) is 11.6. The Bertz CT molecular complexity index is 1100. The lowest BCUT2D eigenvalue weighted by Crippen LogP contribution is -2.14. The molecule has 15 heteroatoms. The van der Waals surface area contributed by atoms with Crippen molar-refractivity contribution < 1.29 is 48.4 Å². The average molecular weight is 511 g/mol. The van der Waals surface area contributed by atoms with Crippen molar-refractivity contribution in [3.05, 3.63) is 69.0 Å². The zero-order valence-electron chi connectivity index (χ0n) is 15.6. The maximum Gasteiger partial charge on any atom is 0.417 e. The van der Waals surface area contributed by atoms with Crippen LogP contribution >= 0.6 is 11.6 Å². The molecule has 2 aromatic rings. The molecule has 0 fully saturated rings. The molecule has 176 valence electrons. The molecule has 0 amide bonds. The van der Waals surface area contributed by atoms with E-state index in [9.17, 15) is 35.1 Å². The van der Waals surface area contributed by atoms with E-state index in [-0.39, 0.29) is 17.2 Å². The number of hydrogen-bond donors (Lipinski definition) is 1. The Morgan fingerprint density at radius 3 is 1.94 bits per heavy atom. The van der Waals surface area contributed by atoms with Crippen LogP contribution in [0.15, 0.2) is 23.4 Å². The van der Waals surface area contributed by atoms with Gasteiger partial charge in [-0.2, -0.15) is 26.4 Å². The van der Waals surface area contributed by atoms with Gasteiger partial charge in [-0.05, 0) is 24.6 Å². The molecule has 0 spiro atoms. The summed E-state index contributed by atoms with van der Waals surface area (Å²) in [6.45, 7) is 0.221. The first kappa shape index (κ1) is 27.3. The molecule has 0 aliphatic carbocycles. The fourth-order valence-corrected chi connectivity index (χ4v) is 2.43. The van der Waals surface area contributed by atoms with Crippen LogP contribution < -0.4 is 0 Å². The number of nitrogens with zero attached hydrogens (tertiary/aromatic N) is 1. The Hall–Kier alpha value is -2.74. The summed E-state index contributed by atoms with van der Waals surface area (Å²) >= 11 is 5.71. The molecule has 0 unspecified atom stereocenters. The minimum Gasteiger partial charge on any atom is -0.390 e. The van der Waals surface area contributed by atoms with E-state index in [0.717, 1.165) is 12.1 Å². The predicted octanol–water partition coefficient (Wildman–Crippen LogP) is 6.01. The van der Waals surface area contributed by atoms with E-state index in [4.69, 9.17) is 24.8 Å². The van der Waals surface area contributed by atoms with Crippen LogP contribution in [0.4, 0.5) is 35.1 Å². The van der Waals surface area contributed by atoms with Gasteiger partial charge in [0.1, 0.15) is 6.61 Å². The van der Waals surface area contributed by atoms with Gasteiger partial charge in [0.2, 0.25) is 5.82 Å². The maximum absolute atomic E-state index is 13.6. The summed E-state index contributed by atoms with van der Waals surface area (Å²) in [6.07, 6.45) is -4.86. The number of benzene rings is 2. The molecule has 0 bridgehead atoms. The lowest BCUT2D eigenvalue weighted by molar-refractivity contribution is -0.137. The Labute approximate surface area is 181 Å². The van der Waals surface area contributed by atoms with E-state index in [0.29, 0.717) is 6.07 Å². The fourth-order valence-electron chi connectivity index (χ4n) is 2.26. The van der Waals surface area contributed by atoms with Crippen molar-refractivity contribution in [2.45, 2.75) is 26.1 Å². The van der Waals surface area contributed by atoms with Crippen molar-refractivity contribution in [2.24, 2.45) is 5.16 Å². The standard InChI is InChI=1S/C17H10ClF8NO.HNO2S/c1-2-11(8-5-7(18)3-4-10(8)17(24,25)26)27-28-6-9-12(19)14(21)16(23)15(22)13(9)20;1-4(2)3/h3-5H,2,6H2,1H3;1H/b27-11+;. The molecule has 1 N–H and O–H groups in total. The van der Waals surface area contributed by atoms with Crippen LogP contribution in [0.25, 0.3) is 0 Å². The number of nitrogens with one attached hydrogen (secondary N) is 1. The number of alkyl halides is 3. The average Bonchev–Trinajstić information content (AvgIpc) is 2.69. The maximum atomic E-state index is 13.6. The van der Waals surface area contributed by atoms with Crippen LogP contribution in [0.2, 0.25) is 5.02 Å². The molecule has 0 radical (unpaired) electrons. The molecule has 32 heavy (non-hydrogen) atoms. The molecule has 0 aromatic heterocycles. The summed E-state index contributed by atoms with van der Waals surface area (Å²) in [4.78, 5) is 4.59. The highest BCUT2D eigenvalue weighted by atomic mass is 35.5. The van der Waals surface area contributed by atoms with E-state index in [1.165, 1.54) is 6.92 Å². The summed E-state index contributed by atoms with van der Waals surface area (Å²) in [5, 5.41) is 3.33. The van der Waals surface area contributed by atoms with Crippen molar-refractivity contribution in [1.82, 2.24) is 0 Å². The molecule has 0 aliphatic heterocycles. The Morgan fingerprint density at radius 1 is 1.03 bits per heavy atom. The summed E-state index contributed by atoms with van der Waals surface area (Å²) in [5.41, 5.74) is -3.13. The second kappa shape index (κ2) is 11.2. The van der Waals surface area contributed by atoms with Crippen LogP contribution in [0.3, 0.4) is 0 Å². The molecule has 0 atom stereocenters. The van der Waals surface area contributed by atoms with E-state index >= 15 is 0 Å². The highest BCUT2D eigenvalue weighted by Crippen LogP contribution is 2.34. The summed E-state index contributed by atoms with van der Waals surface area (Å²) < 4.78 is 129. The second-order valence-corrected chi connectivity index (χ2v) is 6.54. The lowest BCUT2D eigenvalue weighted by Gasteiger charge is -2.14. The van der Waals surface area contributed by atoms with Gasteiger partial charge < -0.3 is 4.84 Å². The number of oxime groups is 1. The van der Waals surface area contributed by atoms with Gasteiger partial charge >= 0.3 is 16.7 Å². The predicted molar refractivity (Wildman–Crippen MR) is 95.9 cm³/mol. The van der Waals surface area contributed by atoms with Crippen LogP contribution in [-0.4, -0.2) is 14.1 Å². The van der Waals surface area contributed by atoms with E-state index in [1.54, 1.807) is 0 Å². The van der Waals surface area contributed by atoms with Gasteiger partial charge in [0.15, 0.2) is 23.3 Å². The third kappa shape index (κ3) is 6.88. The van der Waals surface area contributed by atoms with Crippen molar-refractivity contribution in [3.8, 4) is 0 Å². The third-order valence-corrected chi connectivity index (χ3v) is 3.85. The number of rotatable bonds is 5. The number of halogens is 9. The smallest absolute Gasteiger partial charge is 0.390 e. The monoisotopic (exact) mass is 510 g/mol. The highest BCUT2D eigenvalue weighted by Gasteiger charge is 2.34. The summed E-state index contributed by atoms with van der Waals surface area (Å²) in [6, 6.07) is 2.69. The minimum absolute atomic E-state index is 0.0380. The van der Waals surface area contributed by atoms with Crippen molar-refractivity contribution in [1.29, 1.82) is 4.78 Å². The zero-order chi connectivity index (χ0) is 24.8. The highest BCUT2D eigenvalue weighted by molar-refractivity contribution is 7.60. The Kier molecular flexibility index (Phi) is 9.57. The fraction of sp³-hybridized carbons (Fsp3) is 0.235. The van der Waals surface area contributed by atoms with E-state index in [2.05, 4.69) is 9.99 Å². The lowest BCUT2D eigenvalue weighted by atomic mass is 10.0. The first-order chi connectivity index (χ1) is 14.7. The van der Waals surface area contributed by atoms with Crippen molar-refractivity contribution in [3.63, 3.8) is 0 Å². The van der Waals surface area contributed by atoms with Gasteiger partial charge in [-0.3, -0.25) is 0 Å². The molecule has 0 aliphatic rings. The van der Waals surface area contributed by atoms with Gasteiger partial charge in [0.05, 0.1) is 16.8 Å². The summed E-state index contributed by atoms with van der Waals surface area (Å²) in [5.74, 6) is -10.9. The van der Waals surface area contributed by atoms with Crippen LogP contribution in [0.5, 0.6) is 0 Å². The third-order valence-electron chi connectivity index (χ3n) is 3.62. The molecule has 5 nitrogen and oxygen atoms in total. The zero-order valence-corrected chi connectivity index (χ0v) is 17.2. The molecular weight excluding hydrogens is 500 g/mol. The number of hydrogen-bond acceptors (Lipinski definition) is 5. The van der Waals surface area contributed by atoms with Gasteiger partial charge in [-0.1, -0.05) is 23.7 Å². The quantitative estimate of drug-likeness (QED) is 0.176. The Morgan fingerprint density at radius 2 is 1.50 bits per heavy atom. The van der Waals surface area contributed by atoms with Crippen LogP contribution in [0, 0.1) is 33.9 Å². The minimum atomic E-state index is -4.75. The van der Waals surface area contributed by atoms with Crippen molar-refractivity contribution in [2.75, 3.05) is 0 Å². The van der Waals surface area contributed by atoms with E-state index < -0.39 is 69.1 Å². The van der Waals surface area contributed by atoms with Crippen LogP contribution in [-0.2, 0) is 28.1 Å². The van der Waals surface area contributed by atoms with E-state index in [1.807, 2.05) is 0 Å². The second-order valence-electron chi connectivity index (χ2n) is 5.64. The molecule has 2 rings (SSSR count). The first-order valence-electron chi connectivity index (χ1n) is 8.09.